The van der Waals surface area contributed by atoms with Gasteiger partial charge < -0.3 is 19.7 Å². The van der Waals surface area contributed by atoms with Crippen molar-refractivity contribution in [3.63, 3.8) is 0 Å². The molecule has 1 saturated heterocycles. The molecule has 4 rings (SSSR count). The molecule has 29 heavy (non-hydrogen) atoms. The maximum atomic E-state index is 12.8. The maximum Gasteiger partial charge on any atom is 0.251 e. The third-order valence-electron chi connectivity index (χ3n) is 5.69. The Bertz CT molecular complexity index is 940. The SMILES string of the molecule is Cc1ccc(C(=O)NCC(=O)N2CCCC2c2ccc3c(c2)OCCO3)cc1C. The zero-order valence-electron chi connectivity index (χ0n) is 16.9. The lowest BCUT2D eigenvalue weighted by atomic mass is 10.0. The van der Waals surface area contributed by atoms with Gasteiger partial charge >= 0.3 is 0 Å². The summed E-state index contributed by atoms with van der Waals surface area (Å²) in [6.45, 7) is 5.75. The summed E-state index contributed by atoms with van der Waals surface area (Å²) in [5.41, 5.74) is 3.81. The summed E-state index contributed by atoms with van der Waals surface area (Å²) >= 11 is 0. The van der Waals surface area contributed by atoms with Crippen molar-refractivity contribution in [1.29, 1.82) is 0 Å². The van der Waals surface area contributed by atoms with E-state index < -0.39 is 0 Å². The molecule has 0 aliphatic carbocycles. The predicted octanol–water partition coefficient (Wildman–Crippen LogP) is 3.17. The molecule has 2 aliphatic heterocycles. The number of aryl methyl sites for hydroxylation is 2. The first-order chi connectivity index (χ1) is 14.0. The molecule has 0 radical (unpaired) electrons. The molecule has 6 heteroatoms. The van der Waals surface area contributed by atoms with Crippen molar-refractivity contribution in [3.8, 4) is 11.5 Å². The van der Waals surface area contributed by atoms with Gasteiger partial charge in [-0.05, 0) is 67.6 Å². The number of rotatable bonds is 4. The van der Waals surface area contributed by atoms with Crippen LogP contribution >= 0.6 is 0 Å². The number of carbonyl (C=O) groups excluding carboxylic acids is 2. The number of fused-ring (bicyclic) bond motifs is 1. The van der Waals surface area contributed by atoms with Gasteiger partial charge in [-0.3, -0.25) is 9.59 Å². The summed E-state index contributed by atoms with van der Waals surface area (Å²) in [7, 11) is 0. The molecule has 0 saturated carbocycles. The van der Waals surface area contributed by atoms with Crippen LogP contribution in [0.15, 0.2) is 36.4 Å². The molecular formula is C23H26N2O4. The quantitative estimate of drug-likeness (QED) is 0.865. The Morgan fingerprint density at radius 3 is 2.62 bits per heavy atom. The summed E-state index contributed by atoms with van der Waals surface area (Å²) in [6, 6.07) is 11.4. The van der Waals surface area contributed by atoms with Gasteiger partial charge in [-0.1, -0.05) is 12.1 Å². The summed E-state index contributed by atoms with van der Waals surface area (Å²) in [4.78, 5) is 27.1. The van der Waals surface area contributed by atoms with E-state index in [1.807, 2.05) is 49.1 Å². The summed E-state index contributed by atoms with van der Waals surface area (Å²) in [5, 5.41) is 2.77. The minimum absolute atomic E-state index is 0.00292. The lowest BCUT2D eigenvalue weighted by Crippen LogP contribution is -2.39. The Morgan fingerprint density at radius 1 is 1.03 bits per heavy atom. The van der Waals surface area contributed by atoms with E-state index in [4.69, 9.17) is 9.47 Å². The van der Waals surface area contributed by atoms with Crippen molar-refractivity contribution >= 4 is 11.8 Å². The molecule has 2 aromatic rings. The van der Waals surface area contributed by atoms with E-state index in [1.54, 1.807) is 6.07 Å². The fourth-order valence-corrected chi connectivity index (χ4v) is 3.92. The molecule has 2 aliphatic rings. The van der Waals surface area contributed by atoms with E-state index in [9.17, 15) is 9.59 Å². The van der Waals surface area contributed by atoms with Crippen molar-refractivity contribution in [1.82, 2.24) is 10.2 Å². The second kappa shape index (κ2) is 8.15. The minimum atomic E-state index is -0.225. The van der Waals surface area contributed by atoms with Gasteiger partial charge in [0.15, 0.2) is 11.5 Å². The first-order valence-electron chi connectivity index (χ1n) is 10.1. The third-order valence-corrected chi connectivity index (χ3v) is 5.69. The van der Waals surface area contributed by atoms with Crippen LogP contribution in [0.3, 0.4) is 0 Å². The number of amides is 2. The van der Waals surface area contributed by atoms with Crippen LogP contribution in [0.1, 0.15) is 45.9 Å². The highest BCUT2D eigenvalue weighted by Crippen LogP contribution is 2.38. The molecule has 2 amide bonds. The maximum absolute atomic E-state index is 12.8. The average molecular weight is 394 g/mol. The van der Waals surface area contributed by atoms with Gasteiger partial charge in [-0.2, -0.15) is 0 Å². The van der Waals surface area contributed by atoms with E-state index >= 15 is 0 Å². The number of benzene rings is 2. The average Bonchev–Trinajstić information content (AvgIpc) is 3.23. The molecule has 0 aromatic heterocycles. The molecule has 6 nitrogen and oxygen atoms in total. The smallest absolute Gasteiger partial charge is 0.251 e. The van der Waals surface area contributed by atoms with Crippen LogP contribution in [0.4, 0.5) is 0 Å². The van der Waals surface area contributed by atoms with Crippen LogP contribution in [0.5, 0.6) is 11.5 Å². The lowest BCUT2D eigenvalue weighted by molar-refractivity contribution is -0.131. The van der Waals surface area contributed by atoms with E-state index in [2.05, 4.69) is 5.32 Å². The Morgan fingerprint density at radius 2 is 1.83 bits per heavy atom. The first-order valence-corrected chi connectivity index (χ1v) is 10.1. The summed E-state index contributed by atoms with van der Waals surface area (Å²) in [5.74, 6) is 1.18. The van der Waals surface area contributed by atoms with Crippen LogP contribution in [0, 0.1) is 13.8 Å². The van der Waals surface area contributed by atoms with Crippen molar-refractivity contribution in [2.75, 3.05) is 26.3 Å². The van der Waals surface area contributed by atoms with E-state index in [0.29, 0.717) is 25.3 Å². The fourth-order valence-electron chi connectivity index (χ4n) is 3.92. The van der Waals surface area contributed by atoms with Gasteiger partial charge in [0.1, 0.15) is 13.2 Å². The van der Waals surface area contributed by atoms with Gasteiger partial charge in [0, 0.05) is 12.1 Å². The molecule has 2 aromatic carbocycles. The van der Waals surface area contributed by atoms with Gasteiger partial charge in [0.25, 0.3) is 5.91 Å². The van der Waals surface area contributed by atoms with Crippen LogP contribution < -0.4 is 14.8 Å². The van der Waals surface area contributed by atoms with E-state index in [0.717, 1.165) is 41.0 Å². The molecule has 152 valence electrons. The second-order valence-electron chi connectivity index (χ2n) is 7.63. The Kier molecular flexibility index (Phi) is 5.43. The van der Waals surface area contributed by atoms with Crippen LogP contribution in [0.25, 0.3) is 0 Å². The van der Waals surface area contributed by atoms with Crippen molar-refractivity contribution < 1.29 is 19.1 Å². The summed E-state index contributed by atoms with van der Waals surface area (Å²) in [6.07, 6.45) is 1.84. The number of carbonyl (C=O) groups is 2. The van der Waals surface area contributed by atoms with Crippen LogP contribution in [-0.2, 0) is 4.79 Å². The lowest BCUT2D eigenvalue weighted by Gasteiger charge is -2.27. The predicted molar refractivity (Wildman–Crippen MR) is 109 cm³/mol. The second-order valence-corrected chi connectivity index (χ2v) is 7.63. The number of likely N-dealkylation sites (tertiary alicyclic amines) is 1. The molecule has 0 bridgehead atoms. The Hall–Kier alpha value is -3.02. The molecule has 1 N–H and O–H groups in total. The Balaban J connectivity index is 1.41. The van der Waals surface area contributed by atoms with Crippen LogP contribution in [-0.4, -0.2) is 43.0 Å². The van der Waals surface area contributed by atoms with Gasteiger partial charge in [-0.15, -0.1) is 0 Å². The topological polar surface area (TPSA) is 67.9 Å². The zero-order chi connectivity index (χ0) is 20.4. The monoisotopic (exact) mass is 394 g/mol. The number of hydrogen-bond donors (Lipinski definition) is 1. The molecular weight excluding hydrogens is 368 g/mol. The highest BCUT2D eigenvalue weighted by Gasteiger charge is 2.31. The number of nitrogens with one attached hydrogen (secondary N) is 1. The molecule has 1 atom stereocenters. The van der Waals surface area contributed by atoms with Gasteiger partial charge in [-0.25, -0.2) is 0 Å². The highest BCUT2D eigenvalue weighted by molar-refractivity contribution is 5.96. The Labute approximate surface area is 170 Å². The van der Waals surface area contributed by atoms with E-state index in [1.165, 1.54) is 0 Å². The largest absolute Gasteiger partial charge is 0.486 e. The molecule has 1 fully saturated rings. The van der Waals surface area contributed by atoms with Crippen molar-refractivity contribution in [3.05, 3.63) is 58.7 Å². The molecule has 1 unspecified atom stereocenters. The van der Waals surface area contributed by atoms with Crippen molar-refractivity contribution in [2.24, 2.45) is 0 Å². The fraction of sp³-hybridized carbons (Fsp3) is 0.391. The van der Waals surface area contributed by atoms with Crippen molar-refractivity contribution in [2.45, 2.75) is 32.7 Å². The number of hydrogen-bond acceptors (Lipinski definition) is 4. The molecule has 2 heterocycles. The third kappa shape index (κ3) is 4.06. The van der Waals surface area contributed by atoms with Gasteiger partial charge in [0.05, 0.1) is 12.6 Å². The standard InChI is InChI=1S/C23H26N2O4/c1-15-5-6-18(12-16(15)2)23(27)24-14-22(26)25-9-3-4-19(25)17-7-8-20-21(13-17)29-11-10-28-20/h5-8,12-13,19H,3-4,9-11,14H2,1-2H3,(H,24,27). The number of ether oxygens (including phenoxy) is 2. The molecule has 0 spiro atoms. The zero-order valence-corrected chi connectivity index (χ0v) is 16.9. The normalized spacial score (nSPS) is 17.9. The highest BCUT2D eigenvalue weighted by atomic mass is 16.6. The van der Waals surface area contributed by atoms with E-state index in [-0.39, 0.29) is 24.4 Å². The van der Waals surface area contributed by atoms with Crippen LogP contribution in [0.2, 0.25) is 0 Å². The summed E-state index contributed by atoms with van der Waals surface area (Å²) < 4.78 is 11.3. The number of nitrogens with zero attached hydrogens (tertiary/aromatic N) is 1. The minimum Gasteiger partial charge on any atom is -0.486 e. The first kappa shape index (κ1) is 19.3. The van der Waals surface area contributed by atoms with Gasteiger partial charge in [0.2, 0.25) is 5.91 Å².